The van der Waals surface area contributed by atoms with Gasteiger partial charge in [-0.15, -0.1) is 0 Å². The van der Waals surface area contributed by atoms with Gasteiger partial charge in [0.1, 0.15) is 28.1 Å². The minimum Gasteiger partial charge on any atom is -0.493 e. The summed E-state index contributed by atoms with van der Waals surface area (Å²) in [6.45, 7) is 8.09. The number of carbonyl (C=O) groups excluding carboxylic acids is 2. The molecular formula is C25H29N5O4. The quantitative estimate of drug-likeness (QED) is 0.606. The van der Waals surface area contributed by atoms with Crippen LogP contribution in [-0.2, 0) is 9.53 Å². The molecule has 2 aromatic rings. The molecule has 9 nitrogen and oxygen atoms in total. The van der Waals surface area contributed by atoms with E-state index in [0.717, 1.165) is 12.8 Å². The zero-order chi connectivity index (χ0) is 24.5. The van der Waals surface area contributed by atoms with E-state index in [9.17, 15) is 14.9 Å². The van der Waals surface area contributed by atoms with Crippen molar-refractivity contribution in [2.24, 2.45) is 11.3 Å². The molecule has 0 radical (unpaired) electrons. The molecule has 1 aromatic heterocycles. The number of carbonyl (C=O) groups is 2. The van der Waals surface area contributed by atoms with Crippen molar-refractivity contribution in [3.63, 3.8) is 0 Å². The Hall–Kier alpha value is -3.67. The van der Waals surface area contributed by atoms with Gasteiger partial charge in [0.15, 0.2) is 0 Å². The monoisotopic (exact) mass is 463 g/mol. The Kier molecular flexibility index (Phi) is 6.17. The Labute approximate surface area is 199 Å². The van der Waals surface area contributed by atoms with Crippen molar-refractivity contribution < 1.29 is 19.1 Å². The van der Waals surface area contributed by atoms with Crippen LogP contribution in [0.15, 0.2) is 30.5 Å². The molecule has 1 aliphatic heterocycles. The molecule has 0 spiro atoms. The van der Waals surface area contributed by atoms with Crippen LogP contribution in [0.5, 0.6) is 5.75 Å². The summed E-state index contributed by atoms with van der Waals surface area (Å²) in [7, 11) is 0. The van der Waals surface area contributed by atoms with Crippen molar-refractivity contribution in [3.8, 4) is 11.8 Å². The molecular weight excluding hydrogens is 434 g/mol. The highest BCUT2D eigenvalue weighted by atomic mass is 16.6. The van der Waals surface area contributed by atoms with Gasteiger partial charge in [0.2, 0.25) is 11.9 Å². The van der Waals surface area contributed by atoms with Crippen molar-refractivity contribution in [2.75, 3.05) is 23.4 Å². The summed E-state index contributed by atoms with van der Waals surface area (Å²) in [5.41, 5.74) is -0.610. The first kappa shape index (κ1) is 23.5. The normalized spacial score (nSPS) is 20.1. The second-order valence-electron chi connectivity index (χ2n) is 9.57. The molecule has 2 heterocycles. The lowest BCUT2D eigenvalue weighted by Gasteiger charge is -2.21. The fraction of sp³-hybridized carbons (Fsp3) is 0.480. The number of benzene rings is 1. The van der Waals surface area contributed by atoms with Gasteiger partial charge in [-0.3, -0.25) is 9.69 Å². The summed E-state index contributed by atoms with van der Waals surface area (Å²) in [6, 6.07) is 8.99. The molecule has 1 N–H and O–H groups in total. The second kappa shape index (κ2) is 8.93. The Morgan fingerprint density at radius 2 is 2.09 bits per heavy atom. The van der Waals surface area contributed by atoms with Crippen LogP contribution in [0.1, 0.15) is 57.3 Å². The second-order valence-corrected chi connectivity index (χ2v) is 9.57. The SMILES string of the molecule is CCOc1cc(Nc2nccc(N3CC[C@@](C#N)(C4CC4)C3=O)n2)ccc1C(=O)OC(C)(C)C. The van der Waals surface area contributed by atoms with E-state index in [2.05, 4.69) is 21.4 Å². The van der Waals surface area contributed by atoms with Gasteiger partial charge in [0.25, 0.3) is 0 Å². The van der Waals surface area contributed by atoms with Crippen molar-refractivity contribution in [3.05, 3.63) is 36.0 Å². The minimum atomic E-state index is -0.928. The molecule has 178 valence electrons. The van der Waals surface area contributed by atoms with E-state index in [1.807, 2.05) is 27.7 Å². The zero-order valence-corrected chi connectivity index (χ0v) is 19.9. The number of nitrogens with zero attached hydrogens (tertiary/aromatic N) is 4. The van der Waals surface area contributed by atoms with E-state index in [1.54, 1.807) is 35.4 Å². The van der Waals surface area contributed by atoms with Gasteiger partial charge in [-0.2, -0.15) is 10.2 Å². The maximum Gasteiger partial charge on any atom is 0.342 e. The maximum absolute atomic E-state index is 13.1. The van der Waals surface area contributed by atoms with Gasteiger partial charge in [0.05, 0.1) is 12.7 Å². The van der Waals surface area contributed by atoms with Crippen LogP contribution < -0.4 is 15.0 Å². The molecule has 0 bridgehead atoms. The third kappa shape index (κ3) is 4.67. The maximum atomic E-state index is 13.1. The fourth-order valence-corrected chi connectivity index (χ4v) is 4.17. The smallest absolute Gasteiger partial charge is 0.342 e. The van der Waals surface area contributed by atoms with Gasteiger partial charge >= 0.3 is 5.97 Å². The Morgan fingerprint density at radius 3 is 2.74 bits per heavy atom. The third-order valence-corrected chi connectivity index (χ3v) is 5.90. The van der Waals surface area contributed by atoms with Crippen LogP contribution in [0, 0.1) is 22.7 Å². The highest BCUT2D eigenvalue weighted by Gasteiger charge is 2.57. The molecule has 2 aliphatic rings. The number of aromatic nitrogens is 2. The number of ether oxygens (including phenoxy) is 2. The van der Waals surface area contributed by atoms with Gasteiger partial charge in [-0.25, -0.2) is 9.78 Å². The topological polar surface area (TPSA) is 117 Å². The van der Waals surface area contributed by atoms with E-state index in [1.165, 1.54) is 0 Å². The first-order valence-electron chi connectivity index (χ1n) is 11.5. The van der Waals surface area contributed by atoms with Gasteiger partial charge in [-0.1, -0.05) is 0 Å². The third-order valence-electron chi connectivity index (χ3n) is 5.90. The number of anilines is 3. The number of hydrogen-bond acceptors (Lipinski definition) is 8. The van der Waals surface area contributed by atoms with E-state index < -0.39 is 17.0 Å². The molecule has 1 saturated heterocycles. The predicted molar refractivity (Wildman–Crippen MR) is 126 cm³/mol. The number of nitriles is 1. The largest absolute Gasteiger partial charge is 0.493 e. The number of esters is 1. The van der Waals surface area contributed by atoms with Gasteiger partial charge in [0, 0.05) is 24.5 Å². The van der Waals surface area contributed by atoms with Crippen molar-refractivity contribution in [1.82, 2.24) is 9.97 Å². The molecule has 1 amide bonds. The van der Waals surface area contributed by atoms with E-state index in [4.69, 9.17) is 9.47 Å². The summed E-state index contributed by atoms with van der Waals surface area (Å²) in [5, 5.41) is 12.8. The molecule has 9 heteroatoms. The standard InChI is InChI=1S/C25H29N5O4/c1-5-33-19-14-17(8-9-18(19)21(31)34-24(2,3)4)28-23-27-12-10-20(29-23)30-13-11-25(15-26,22(30)32)16-6-7-16/h8-10,12,14,16H,5-7,11,13H2,1-4H3,(H,27,28,29)/t25-/m1/s1. The van der Waals surface area contributed by atoms with E-state index >= 15 is 0 Å². The van der Waals surface area contributed by atoms with Crippen LogP contribution in [0.2, 0.25) is 0 Å². The van der Waals surface area contributed by atoms with Crippen LogP contribution in [0.4, 0.5) is 17.5 Å². The van der Waals surface area contributed by atoms with Crippen molar-refractivity contribution in [1.29, 1.82) is 5.26 Å². The molecule has 1 atom stereocenters. The number of rotatable bonds is 7. The molecule has 2 fully saturated rings. The summed E-state index contributed by atoms with van der Waals surface area (Å²) in [4.78, 5) is 36.0. The summed E-state index contributed by atoms with van der Waals surface area (Å²) in [6.07, 6.45) is 3.93. The Morgan fingerprint density at radius 1 is 1.32 bits per heavy atom. The first-order chi connectivity index (χ1) is 16.2. The highest BCUT2D eigenvalue weighted by Crippen LogP contribution is 2.51. The minimum absolute atomic E-state index is 0.148. The molecule has 34 heavy (non-hydrogen) atoms. The average molecular weight is 464 g/mol. The van der Waals surface area contributed by atoms with Crippen molar-refractivity contribution >= 4 is 29.3 Å². The Bertz CT molecular complexity index is 1150. The number of amides is 1. The highest BCUT2D eigenvalue weighted by molar-refractivity contribution is 6.01. The van der Waals surface area contributed by atoms with Crippen LogP contribution in [0.25, 0.3) is 0 Å². The lowest BCUT2D eigenvalue weighted by atomic mass is 9.83. The molecule has 1 aliphatic carbocycles. The number of hydrogen-bond donors (Lipinski definition) is 1. The van der Waals surface area contributed by atoms with Gasteiger partial charge in [-0.05, 0) is 71.1 Å². The first-order valence-corrected chi connectivity index (χ1v) is 11.5. The van der Waals surface area contributed by atoms with Crippen LogP contribution in [-0.4, -0.2) is 40.6 Å². The Balaban J connectivity index is 1.54. The van der Waals surface area contributed by atoms with E-state index in [0.29, 0.717) is 48.3 Å². The average Bonchev–Trinajstić information content (AvgIpc) is 3.57. The summed E-state index contributed by atoms with van der Waals surface area (Å²) >= 11 is 0. The lowest BCUT2D eigenvalue weighted by molar-refractivity contribution is -0.123. The molecule has 1 aromatic carbocycles. The van der Waals surface area contributed by atoms with Gasteiger partial charge < -0.3 is 14.8 Å². The van der Waals surface area contributed by atoms with Crippen molar-refractivity contribution in [2.45, 2.75) is 52.6 Å². The predicted octanol–water partition coefficient (Wildman–Crippen LogP) is 4.23. The van der Waals surface area contributed by atoms with E-state index in [-0.39, 0.29) is 11.8 Å². The lowest BCUT2D eigenvalue weighted by Crippen LogP contribution is -2.35. The van der Waals surface area contributed by atoms with Crippen LogP contribution >= 0.6 is 0 Å². The fourth-order valence-electron chi connectivity index (χ4n) is 4.17. The zero-order valence-electron chi connectivity index (χ0n) is 19.9. The summed E-state index contributed by atoms with van der Waals surface area (Å²) in [5.74, 6) is 0.632. The molecule has 0 unspecified atom stereocenters. The molecule has 1 saturated carbocycles. The number of nitrogens with one attached hydrogen (secondary N) is 1. The molecule has 4 rings (SSSR count). The van der Waals surface area contributed by atoms with Crippen LogP contribution in [0.3, 0.4) is 0 Å². The summed E-state index contributed by atoms with van der Waals surface area (Å²) < 4.78 is 11.1.